The fourth-order valence-electron chi connectivity index (χ4n) is 2.19. The third-order valence-electron chi connectivity index (χ3n) is 3.25. The van der Waals surface area contributed by atoms with Crippen molar-refractivity contribution >= 4 is 5.65 Å². The van der Waals surface area contributed by atoms with E-state index < -0.39 is 0 Å². The van der Waals surface area contributed by atoms with Gasteiger partial charge in [0.15, 0.2) is 11.4 Å². The molecule has 5 nitrogen and oxygen atoms in total. The SMILES string of the molecule is CC1(Oc2cnc3ccnn3c2)CCNCC1. The van der Waals surface area contributed by atoms with Crippen molar-refractivity contribution in [3.05, 3.63) is 24.7 Å². The van der Waals surface area contributed by atoms with Crippen molar-refractivity contribution in [3.63, 3.8) is 0 Å². The van der Waals surface area contributed by atoms with E-state index >= 15 is 0 Å². The molecule has 0 bridgehead atoms. The summed E-state index contributed by atoms with van der Waals surface area (Å²) in [6.07, 6.45) is 7.42. The predicted molar refractivity (Wildman–Crippen MR) is 64.1 cm³/mol. The molecule has 0 amide bonds. The zero-order chi connectivity index (χ0) is 11.7. The molecule has 2 aromatic rings. The highest BCUT2D eigenvalue weighted by molar-refractivity contribution is 5.37. The van der Waals surface area contributed by atoms with Crippen molar-refractivity contribution in [2.45, 2.75) is 25.4 Å². The molecule has 90 valence electrons. The number of rotatable bonds is 2. The summed E-state index contributed by atoms with van der Waals surface area (Å²) in [5, 5.41) is 7.50. The summed E-state index contributed by atoms with van der Waals surface area (Å²) < 4.78 is 7.79. The molecule has 5 heteroatoms. The number of fused-ring (bicyclic) bond motifs is 1. The quantitative estimate of drug-likeness (QED) is 0.846. The van der Waals surface area contributed by atoms with Gasteiger partial charge in [-0.05, 0) is 32.9 Å². The van der Waals surface area contributed by atoms with Crippen molar-refractivity contribution in [2.24, 2.45) is 0 Å². The molecule has 1 aliphatic heterocycles. The van der Waals surface area contributed by atoms with Gasteiger partial charge >= 0.3 is 0 Å². The lowest BCUT2D eigenvalue weighted by molar-refractivity contribution is 0.0546. The Hall–Kier alpha value is -1.62. The molecule has 0 radical (unpaired) electrons. The van der Waals surface area contributed by atoms with Crippen LogP contribution in [0.4, 0.5) is 0 Å². The van der Waals surface area contributed by atoms with Gasteiger partial charge in [0.25, 0.3) is 0 Å². The molecule has 17 heavy (non-hydrogen) atoms. The number of hydrogen-bond donors (Lipinski definition) is 1. The summed E-state index contributed by atoms with van der Waals surface area (Å²) in [7, 11) is 0. The van der Waals surface area contributed by atoms with Gasteiger partial charge in [0.05, 0.1) is 18.6 Å². The van der Waals surface area contributed by atoms with Crippen LogP contribution in [0.2, 0.25) is 0 Å². The molecule has 1 aliphatic rings. The van der Waals surface area contributed by atoms with E-state index in [1.807, 2.05) is 12.3 Å². The molecular weight excluding hydrogens is 216 g/mol. The van der Waals surface area contributed by atoms with E-state index in [9.17, 15) is 0 Å². The molecule has 1 N–H and O–H groups in total. The topological polar surface area (TPSA) is 51.5 Å². The number of ether oxygens (including phenoxy) is 1. The molecule has 0 atom stereocenters. The lowest BCUT2D eigenvalue weighted by Gasteiger charge is -2.34. The second kappa shape index (κ2) is 4.00. The van der Waals surface area contributed by atoms with Crippen molar-refractivity contribution in [1.82, 2.24) is 19.9 Å². The summed E-state index contributed by atoms with van der Waals surface area (Å²) in [6, 6.07) is 1.87. The van der Waals surface area contributed by atoms with Crippen molar-refractivity contribution in [1.29, 1.82) is 0 Å². The Bertz CT molecular complexity index is 516. The zero-order valence-corrected chi connectivity index (χ0v) is 9.89. The van der Waals surface area contributed by atoms with Crippen LogP contribution in [0, 0.1) is 0 Å². The molecule has 0 unspecified atom stereocenters. The second-order valence-electron chi connectivity index (χ2n) is 4.73. The Kier molecular flexibility index (Phi) is 2.48. The monoisotopic (exact) mass is 232 g/mol. The minimum Gasteiger partial charge on any atom is -0.484 e. The van der Waals surface area contributed by atoms with Gasteiger partial charge in [0, 0.05) is 6.07 Å². The molecule has 3 heterocycles. The van der Waals surface area contributed by atoms with Gasteiger partial charge in [0.2, 0.25) is 0 Å². The number of aromatic nitrogens is 3. The Morgan fingerprint density at radius 2 is 2.24 bits per heavy atom. The van der Waals surface area contributed by atoms with Gasteiger partial charge < -0.3 is 10.1 Å². The third-order valence-corrected chi connectivity index (χ3v) is 3.25. The van der Waals surface area contributed by atoms with Crippen molar-refractivity contribution in [2.75, 3.05) is 13.1 Å². The Morgan fingerprint density at radius 3 is 3.06 bits per heavy atom. The molecule has 0 aromatic carbocycles. The molecule has 0 saturated carbocycles. The predicted octanol–water partition coefficient (Wildman–Crippen LogP) is 1.25. The van der Waals surface area contributed by atoms with Gasteiger partial charge in [-0.3, -0.25) is 0 Å². The lowest BCUT2D eigenvalue weighted by Crippen LogP contribution is -2.43. The third kappa shape index (κ3) is 2.10. The maximum atomic E-state index is 6.06. The summed E-state index contributed by atoms with van der Waals surface area (Å²) in [6.45, 7) is 4.17. The standard InChI is InChI=1S/C12H16N4O/c1-12(3-6-13-7-4-12)17-10-8-14-11-2-5-15-16(11)9-10/h2,5,8-9,13H,3-4,6-7H2,1H3. The van der Waals surface area contributed by atoms with Crippen LogP contribution in [0.5, 0.6) is 5.75 Å². The lowest BCUT2D eigenvalue weighted by atomic mass is 9.94. The van der Waals surface area contributed by atoms with Crippen LogP contribution in [0.25, 0.3) is 5.65 Å². The van der Waals surface area contributed by atoms with Crippen LogP contribution in [-0.2, 0) is 0 Å². The maximum Gasteiger partial charge on any atom is 0.156 e. The summed E-state index contributed by atoms with van der Waals surface area (Å²) in [4.78, 5) is 4.30. The molecular formula is C12H16N4O. The maximum absolute atomic E-state index is 6.06. The Labute approximate surface area is 99.8 Å². The van der Waals surface area contributed by atoms with Gasteiger partial charge in [-0.1, -0.05) is 0 Å². The van der Waals surface area contributed by atoms with Crippen molar-refractivity contribution in [3.8, 4) is 5.75 Å². The first-order chi connectivity index (χ1) is 8.25. The van der Waals surface area contributed by atoms with Gasteiger partial charge in [-0.2, -0.15) is 5.10 Å². The van der Waals surface area contributed by atoms with E-state index in [4.69, 9.17) is 4.74 Å². The summed E-state index contributed by atoms with van der Waals surface area (Å²) >= 11 is 0. The van der Waals surface area contributed by atoms with E-state index in [0.717, 1.165) is 37.3 Å². The van der Waals surface area contributed by atoms with Crippen LogP contribution in [0.15, 0.2) is 24.7 Å². The van der Waals surface area contributed by atoms with Crippen LogP contribution in [-0.4, -0.2) is 33.3 Å². The fraction of sp³-hybridized carbons (Fsp3) is 0.500. The van der Waals surface area contributed by atoms with Crippen LogP contribution in [0.1, 0.15) is 19.8 Å². The average Bonchev–Trinajstić information content (AvgIpc) is 2.76. The number of hydrogen-bond acceptors (Lipinski definition) is 4. The molecule has 3 rings (SSSR count). The Balaban J connectivity index is 1.83. The molecule has 1 fully saturated rings. The van der Waals surface area contributed by atoms with Crippen LogP contribution >= 0.6 is 0 Å². The van der Waals surface area contributed by atoms with Gasteiger partial charge in [0.1, 0.15) is 5.60 Å². The van der Waals surface area contributed by atoms with Crippen LogP contribution < -0.4 is 10.1 Å². The number of nitrogens with one attached hydrogen (secondary N) is 1. The van der Waals surface area contributed by atoms with Gasteiger partial charge in [-0.15, -0.1) is 0 Å². The fourth-order valence-corrected chi connectivity index (χ4v) is 2.19. The summed E-state index contributed by atoms with van der Waals surface area (Å²) in [5.74, 6) is 0.783. The Morgan fingerprint density at radius 1 is 1.41 bits per heavy atom. The van der Waals surface area contributed by atoms with Crippen LogP contribution in [0.3, 0.4) is 0 Å². The van der Waals surface area contributed by atoms with E-state index in [1.54, 1.807) is 16.9 Å². The molecule has 0 aliphatic carbocycles. The van der Waals surface area contributed by atoms with E-state index in [1.165, 1.54) is 0 Å². The van der Waals surface area contributed by atoms with E-state index in [-0.39, 0.29) is 5.60 Å². The average molecular weight is 232 g/mol. The normalized spacial score (nSPS) is 19.4. The van der Waals surface area contributed by atoms with Crippen molar-refractivity contribution < 1.29 is 4.74 Å². The molecule has 0 spiro atoms. The smallest absolute Gasteiger partial charge is 0.156 e. The first-order valence-electron chi connectivity index (χ1n) is 5.94. The number of piperidine rings is 1. The highest BCUT2D eigenvalue weighted by Crippen LogP contribution is 2.25. The highest BCUT2D eigenvalue weighted by Gasteiger charge is 2.28. The summed E-state index contributed by atoms with van der Waals surface area (Å²) in [5.41, 5.74) is 0.751. The van der Waals surface area contributed by atoms with E-state index in [0.29, 0.717) is 0 Å². The first kappa shape index (κ1) is 10.5. The molecule has 1 saturated heterocycles. The largest absolute Gasteiger partial charge is 0.484 e. The van der Waals surface area contributed by atoms with E-state index in [2.05, 4.69) is 22.3 Å². The second-order valence-corrected chi connectivity index (χ2v) is 4.73. The first-order valence-corrected chi connectivity index (χ1v) is 5.94. The minimum absolute atomic E-state index is 0.0895. The number of nitrogens with zero attached hydrogens (tertiary/aromatic N) is 3. The minimum atomic E-state index is -0.0895. The van der Waals surface area contributed by atoms with Gasteiger partial charge in [-0.25, -0.2) is 9.50 Å². The highest BCUT2D eigenvalue weighted by atomic mass is 16.5. The molecule has 2 aromatic heterocycles. The zero-order valence-electron chi connectivity index (χ0n) is 9.89.